The second kappa shape index (κ2) is 7.38. The minimum Gasteiger partial charge on any atom is -0.380 e. The predicted molar refractivity (Wildman–Crippen MR) is 109 cm³/mol. The van der Waals surface area contributed by atoms with Crippen LogP contribution in [0.2, 0.25) is 0 Å². The zero-order valence-electron chi connectivity index (χ0n) is 15.8. The van der Waals surface area contributed by atoms with Crippen LogP contribution in [0.1, 0.15) is 42.4 Å². The number of benzene rings is 2. The van der Waals surface area contributed by atoms with Crippen molar-refractivity contribution >= 4 is 11.8 Å². The molecule has 3 atom stereocenters. The molecule has 1 saturated carbocycles. The Morgan fingerprint density at radius 2 is 1.69 bits per heavy atom. The maximum atomic E-state index is 12.4. The lowest BCUT2D eigenvalue weighted by atomic mass is 9.64. The Morgan fingerprint density at radius 1 is 1.00 bits per heavy atom. The number of rotatable bonds is 3. The lowest BCUT2D eigenvalue weighted by molar-refractivity contribution is -0.0364. The Kier molecular flexibility index (Phi) is 5.13. The Morgan fingerprint density at radius 3 is 2.50 bits per heavy atom. The van der Waals surface area contributed by atoms with E-state index in [-0.39, 0.29) is 5.92 Å². The maximum absolute atomic E-state index is 12.4. The van der Waals surface area contributed by atoms with Crippen LogP contribution in [0, 0.1) is 11.8 Å². The molecule has 4 rings (SSSR count). The number of hydrogen-bond donors (Lipinski definition) is 1. The van der Waals surface area contributed by atoms with E-state index in [9.17, 15) is 5.11 Å². The Labute approximate surface area is 161 Å². The average Bonchev–Trinajstić information content (AvgIpc) is 2.78. The molecule has 0 unspecified atom stereocenters. The zero-order valence-corrected chi connectivity index (χ0v) is 16.6. The van der Waals surface area contributed by atoms with Gasteiger partial charge in [0, 0.05) is 28.7 Å². The zero-order chi connectivity index (χ0) is 18.1. The quantitative estimate of drug-likeness (QED) is 0.835. The first-order chi connectivity index (χ1) is 12.6. The molecule has 0 spiro atoms. The molecule has 0 saturated heterocycles. The van der Waals surface area contributed by atoms with Crippen molar-refractivity contribution in [2.24, 2.45) is 11.8 Å². The van der Waals surface area contributed by atoms with Crippen molar-refractivity contribution in [3.8, 4) is 0 Å². The van der Waals surface area contributed by atoms with E-state index in [1.807, 2.05) is 11.8 Å². The van der Waals surface area contributed by atoms with Crippen LogP contribution in [0.5, 0.6) is 0 Å². The highest BCUT2D eigenvalue weighted by Crippen LogP contribution is 2.52. The molecule has 2 aromatic rings. The van der Waals surface area contributed by atoms with E-state index in [1.54, 1.807) is 0 Å². The van der Waals surface area contributed by atoms with Gasteiger partial charge in [0.05, 0.1) is 0 Å². The molecule has 1 aliphatic heterocycles. The van der Waals surface area contributed by atoms with Gasteiger partial charge < -0.3 is 10.0 Å². The molecule has 138 valence electrons. The highest BCUT2D eigenvalue weighted by atomic mass is 32.2. The molecule has 0 aromatic heterocycles. The molecule has 3 heteroatoms. The van der Waals surface area contributed by atoms with Crippen LogP contribution < -0.4 is 0 Å². The van der Waals surface area contributed by atoms with Crippen molar-refractivity contribution in [3.63, 3.8) is 0 Å². The second-order valence-corrected chi connectivity index (χ2v) is 9.14. The molecular formula is C23H29NOS. The van der Waals surface area contributed by atoms with E-state index >= 15 is 0 Å². The Balaban J connectivity index is 1.89. The van der Waals surface area contributed by atoms with Gasteiger partial charge in [-0.1, -0.05) is 55.3 Å². The summed E-state index contributed by atoms with van der Waals surface area (Å²) < 4.78 is 0. The summed E-state index contributed by atoms with van der Waals surface area (Å²) >= 11 is 1.86. The van der Waals surface area contributed by atoms with Gasteiger partial charge in [-0.2, -0.15) is 0 Å². The molecule has 0 bridgehead atoms. The van der Waals surface area contributed by atoms with Gasteiger partial charge in [0.1, 0.15) is 5.60 Å². The van der Waals surface area contributed by atoms with Gasteiger partial charge in [0.2, 0.25) is 0 Å². The fourth-order valence-electron chi connectivity index (χ4n) is 5.07. The Hall–Kier alpha value is -1.29. The summed E-state index contributed by atoms with van der Waals surface area (Å²) in [7, 11) is 4.31. The van der Waals surface area contributed by atoms with Gasteiger partial charge >= 0.3 is 0 Å². The van der Waals surface area contributed by atoms with Crippen molar-refractivity contribution in [2.45, 2.75) is 41.9 Å². The monoisotopic (exact) mass is 367 g/mol. The third-order valence-electron chi connectivity index (χ3n) is 6.15. The van der Waals surface area contributed by atoms with E-state index in [0.29, 0.717) is 5.92 Å². The molecule has 0 radical (unpaired) electrons. The summed E-state index contributed by atoms with van der Waals surface area (Å²) in [4.78, 5) is 3.52. The molecule has 2 nitrogen and oxygen atoms in total. The third-order valence-corrected chi connectivity index (χ3v) is 7.28. The lowest BCUT2D eigenvalue weighted by Gasteiger charge is -2.45. The number of aliphatic hydroxyl groups is 1. The van der Waals surface area contributed by atoms with Crippen molar-refractivity contribution in [3.05, 3.63) is 65.2 Å². The lowest BCUT2D eigenvalue weighted by Crippen LogP contribution is -2.45. The van der Waals surface area contributed by atoms with Gasteiger partial charge in [-0.3, -0.25) is 0 Å². The van der Waals surface area contributed by atoms with Crippen LogP contribution in [0.3, 0.4) is 0 Å². The van der Waals surface area contributed by atoms with Gasteiger partial charge in [0.15, 0.2) is 0 Å². The van der Waals surface area contributed by atoms with Crippen molar-refractivity contribution in [2.75, 3.05) is 20.6 Å². The summed E-state index contributed by atoms with van der Waals surface area (Å²) in [6, 6.07) is 17.1. The Bertz CT molecular complexity index is 725. The van der Waals surface area contributed by atoms with Gasteiger partial charge in [-0.25, -0.2) is 0 Å². The molecule has 0 amide bonds. The number of nitrogens with zero attached hydrogens (tertiary/aromatic N) is 1. The van der Waals surface area contributed by atoms with Crippen molar-refractivity contribution in [1.29, 1.82) is 0 Å². The topological polar surface area (TPSA) is 23.5 Å². The van der Waals surface area contributed by atoms with Crippen LogP contribution >= 0.6 is 11.8 Å². The van der Waals surface area contributed by atoms with Crippen molar-refractivity contribution < 1.29 is 5.11 Å². The first-order valence-electron chi connectivity index (χ1n) is 9.78. The molecule has 26 heavy (non-hydrogen) atoms. The van der Waals surface area contributed by atoms with E-state index in [1.165, 1.54) is 29.7 Å². The first kappa shape index (κ1) is 18.1. The van der Waals surface area contributed by atoms with E-state index in [2.05, 4.69) is 67.5 Å². The standard InChI is InChI=1S/C23H29NOS/c1-24(2)15-17-9-3-5-11-19(17)23(25)20-12-6-4-10-18(20)16-26-22-14-8-7-13-21(22)23/h4,6-8,10,12-14,17,19,25H,3,5,9,11,15-16H2,1-2H3/t17-,19-,23+/m1/s1. The third kappa shape index (κ3) is 3.11. The average molecular weight is 368 g/mol. The van der Waals surface area contributed by atoms with Crippen LogP contribution in [0.4, 0.5) is 0 Å². The molecule has 1 aliphatic carbocycles. The molecule has 2 aliphatic rings. The smallest absolute Gasteiger partial charge is 0.119 e. The summed E-state index contributed by atoms with van der Waals surface area (Å²) in [5.41, 5.74) is 2.64. The van der Waals surface area contributed by atoms with E-state index in [0.717, 1.165) is 29.8 Å². The fourth-order valence-corrected chi connectivity index (χ4v) is 6.19. The van der Waals surface area contributed by atoms with Crippen LogP contribution in [-0.4, -0.2) is 30.6 Å². The van der Waals surface area contributed by atoms with Gasteiger partial charge in [-0.15, -0.1) is 11.8 Å². The molecule has 1 fully saturated rings. The largest absolute Gasteiger partial charge is 0.380 e. The van der Waals surface area contributed by atoms with Crippen LogP contribution in [0.25, 0.3) is 0 Å². The SMILES string of the molecule is CN(C)C[C@H]1CCCC[C@H]1[C@]1(O)c2ccccc2CSc2ccccc21. The first-order valence-corrected chi connectivity index (χ1v) is 10.8. The summed E-state index contributed by atoms with van der Waals surface area (Å²) in [5.74, 6) is 1.72. The predicted octanol–water partition coefficient (Wildman–Crippen LogP) is 4.90. The summed E-state index contributed by atoms with van der Waals surface area (Å²) in [6.07, 6.45) is 4.81. The maximum Gasteiger partial charge on any atom is 0.119 e. The summed E-state index contributed by atoms with van der Waals surface area (Å²) in [5, 5.41) is 12.4. The fraction of sp³-hybridized carbons (Fsp3) is 0.478. The van der Waals surface area contributed by atoms with Gasteiger partial charge in [0.25, 0.3) is 0 Å². The highest BCUT2D eigenvalue weighted by Gasteiger charge is 2.47. The number of thioether (sulfide) groups is 1. The van der Waals surface area contributed by atoms with E-state index in [4.69, 9.17) is 0 Å². The highest BCUT2D eigenvalue weighted by molar-refractivity contribution is 7.98. The second-order valence-electron chi connectivity index (χ2n) is 8.12. The molecule has 1 heterocycles. The normalized spacial score (nSPS) is 28.3. The number of hydrogen-bond acceptors (Lipinski definition) is 3. The van der Waals surface area contributed by atoms with Crippen LogP contribution in [-0.2, 0) is 11.4 Å². The minimum absolute atomic E-state index is 0.264. The van der Waals surface area contributed by atoms with Gasteiger partial charge in [-0.05, 0) is 50.0 Å². The summed E-state index contributed by atoms with van der Waals surface area (Å²) in [6.45, 7) is 1.05. The van der Waals surface area contributed by atoms with E-state index < -0.39 is 5.60 Å². The molecule has 2 aromatic carbocycles. The molecule has 1 N–H and O–H groups in total. The van der Waals surface area contributed by atoms with Crippen LogP contribution in [0.15, 0.2) is 53.4 Å². The number of fused-ring (bicyclic) bond motifs is 2. The molecular weight excluding hydrogens is 338 g/mol. The minimum atomic E-state index is -0.891. The van der Waals surface area contributed by atoms with Crippen molar-refractivity contribution in [1.82, 2.24) is 4.90 Å².